The molecule has 0 aliphatic carbocycles. The van der Waals surface area contributed by atoms with Crippen molar-refractivity contribution >= 4 is 5.69 Å². The standard InChI is InChI=1S/C13H16N2O/c1-15(2)12-8-6-11(7-9-12)13(16)5-3-4-10-14/h3-4,6-9,13,16H,5H2,1-2H3/b4-3-/t13-/m0/s1. The van der Waals surface area contributed by atoms with E-state index in [0.717, 1.165) is 11.3 Å². The van der Waals surface area contributed by atoms with Gasteiger partial charge in [-0.1, -0.05) is 18.2 Å². The molecule has 0 fully saturated rings. The predicted molar refractivity (Wildman–Crippen MR) is 65.1 cm³/mol. The first-order valence-electron chi connectivity index (χ1n) is 5.15. The Hall–Kier alpha value is -1.79. The van der Waals surface area contributed by atoms with Gasteiger partial charge in [-0.3, -0.25) is 0 Å². The molecule has 0 saturated heterocycles. The SMILES string of the molecule is CN(C)c1ccc([C@@H](O)C/C=C\C#N)cc1. The zero-order chi connectivity index (χ0) is 12.0. The van der Waals surface area contributed by atoms with E-state index in [2.05, 4.69) is 0 Å². The molecule has 0 aliphatic heterocycles. The molecule has 0 heterocycles. The molecule has 0 aromatic heterocycles. The number of nitrogens with zero attached hydrogens (tertiary/aromatic N) is 2. The second-order valence-corrected chi connectivity index (χ2v) is 3.77. The van der Waals surface area contributed by atoms with Crippen molar-refractivity contribution in [3.8, 4) is 6.07 Å². The summed E-state index contributed by atoms with van der Waals surface area (Å²) in [6, 6.07) is 9.64. The van der Waals surface area contributed by atoms with E-state index < -0.39 is 6.10 Å². The van der Waals surface area contributed by atoms with Crippen LogP contribution in [-0.4, -0.2) is 19.2 Å². The molecule has 1 atom stereocenters. The van der Waals surface area contributed by atoms with Gasteiger partial charge in [-0.05, 0) is 24.1 Å². The van der Waals surface area contributed by atoms with E-state index in [9.17, 15) is 5.11 Å². The molecule has 0 aliphatic rings. The van der Waals surface area contributed by atoms with Crippen molar-refractivity contribution in [1.82, 2.24) is 0 Å². The highest BCUT2D eigenvalue weighted by molar-refractivity contribution is 5.46. The molecule has 3 nitrogen and oxygen atoms in total. The molecule has 1 aromatic rings. The molecule has 0 amide bonds. The second kappa shape index (κ2) is 5.94. The van der Waals surface area contributed by atoms with E-state index in [-0.39, 0.29) is 0 Å². The molecule has 1 rings (SSSR count). The van der Waals surface area contributed by atoms with Gasteiger partial charge in [-0.25, -0.2) is 0 Å². The number of nitriles is 1. The average molecular weight is 216 g/mol. The third-order valence-corrected chi connectivity index (χ3v) is 2.35. The highest BCUT2D eigenvalue weighted by atomic mass is 16.3. The molecular formula is C13H16N2O. The lowest BCUT2D eigenvalue weighted by Crippen LogP contribution is -2.08. The molecule has 0 spiro atoms. The Bertz CT molecular complexity index is 387. The molecule has 3 heteroatoms. The zero-order valence-corrected chi connectivity index (χ0v) is 9.59. The minimum Gasteiger partial charge on any atom is -0.388 e. The van der Waals surface area contributed by atoms with E-state index in [1.165, 1.54) is 6.08 Å². The highest BCUT2D eigenvalue weighted by Gasteiger charge is 2.05. The summed E-state index contributed by atoms with van der Waals surface area (Å²) in [6.07, 6.45) is 2.98. The van der Waals surface area contributed by atoms with Crippen molar-refractivity contribution in [2.75, 3.05) is 19.0 Å². The lowest BCUT2D eigenvalue weighted by molar-refractivity contribution is 0.181. The van der Waals surface area contributed by atoms with Gasteiger partial charge in [0.2, 0.25) is 0 Å². The molecule has 0 radical (unpaired) electrons. The quantitative estimate of drug-likeness (QED) is 0.785. The minimum atomic E-state index is -0.541. The van der Waals surface area contributed by atoms with E-state index in [0.29, 0.717) is 6.42 Å². The first-order chi connectivity index (χ1) is 7.65. The molecular weight excluding hydrogens is 200 g/mol. The van der Waals surface area contributed by atoms with Gasteiger partial charge in [0.25, 0.3) is 0 Å². The molecule has 1 N–H and O–H groups in total. The summed E-state index contributed by atoms with van der Waals surface area (Å²) in [6.45, 7) is 0. The van der Waals surface area contributed by atoms with Gasteiger partial charge in [0.15, 0.2) is 0 Å². The van der Waals surface area contributed by atoms with Gasteiger partial charge in [-0.15, -0.1) is 0 Å². The van der Waals surface area contributed by atoms with Crippen LogP contribution in [0.1, 0.15) is 18.1 Å². The third kappa shape index (κ3) is 3.41. The molecule has 0 bridgehead atoms. The maximum absolute atomic E-state index is 9.80. The predicted octanol–water partition coefficient (Wildman–Crippen LogP) is 2.26. The number of rotatable bonds is 4. The Balaban J connectivity index is 2.67. The molecule has 1 aromatic carbocycles. The first kappa shape index (κ1) is 12.3. The Labute approximate surface area is 96.2 Å². The van der Waals surface area contributed by atoms with Crippen LogP contribution in [-0.2, 0) is 0 Å². The van der Waals surface area contributed by atoms with E-state index in [1.54, 1.807) is 6.08 Å². The van der Waals surface area contributed by atoms with Crippen molar-refractivity contribution in [2.45, 2.75) is 12.5 Å². The number of aliphatic hydroxyl groups excluding tert-OH is 1. The maximum Gasteiger partial charge on any atom is 0.0908 e. The van der Waals surface area contributed by atoms with Crippen LogP contribution in [0.3, 0.4) is 0 Å². The minimum absolute atomic E-state index is 0.467. The lowest BCUT2D eigenvalue weighted by Gasteiger charge is -2.14. The van der Waals surface area contributed by atoms with Crippen molar-refractivity contribution in [3.63, 3.8) is 0 Å². The van der Waals surface area contributed by atoms with Crippen LogP contribution in [0.25, 0.3) is 0 Å². The first-order valence-corrected chi connectivity index (χ1v) is 5.15. The summed E-state index contributed by atoms with van der Waals surface area (Å²) in [5.41, 5.74) is 1.97. The van der Waals surface area contributed by atoms with Crippen LogP contribution >= 0.6 is 0 Å². The molecule has 0 saturated carbocycles. The van der Waals surface area contributed by atoms with Gasteiger partial charge in [0.05, 0.1) is 12.2 Å². The Morgan fingerprint density at radius 3 is 2.50 bits per heavy atom. The summed E-state index contributed by atoms with van der Waals surface area (Å²) >= 11 is 0. The number of allylic oxidation sites excluding steroid dienone is 1. The van der Waals surface area contributed by atoms with Crippen LogP contribution < -0.4 is 4.90 Å². The van der Waals surface area contributed by atoms with Gasteiger partial charge in [-0.2, -0.15) is 5.26 Å². The van der Waals surface area contributed by atoms with Crippen LogP contribution in [0.5, 0.6) is 0 Å². The summed E-state index contributed by atoms with van der Waals surface area (Å²) in [5.74, 6) is 0. The number of aliphatic hydroxyl groups is 1. The Morgan fingerprint density at radius 2 is 2.00 bits per heavy atom. The van der Waals surface area contributed by atoms with E-state index in [1.807, 2.05) is 49.3 Å². The van der Waals surface area contributed by atoms with Crippen LogP contribution in [0.15, 0.2) is 36.4 Å². The number of hydrogen-bond donors (Lipinski definition) is 1. The molecule has 16 heavy (non-hydrogen) atoms. The van der Waals surface area contributed by atoms with Gasteiger partial charge in [0, 0.05) is 25.9 Å². The largest absolute Gasteiger partial charge is 0.388 e. The summed E-state index contributed by atoms with van der Waals surface area (Å²) in [7, 11) is 3.95. The smallest absolute Gasteiger partial charge is 0.0908 e. The highest BCUT2D eigenvalue weighted by Crippen LogP contribution is 2.20. The zero-order valence-electron chi connectivity index (χ0n) is 9.59. The third-order valence-electron chi connectivity index (χ3n) is 2.35. The Kier molecular flexibility index (Phi) is 4.56. The normalized spacial score (nSPS) is 12.4. The number of anilines is 1. The van der Waals surface area contributed by atoms with Crippen LogP contribution in [0.4, 0.5) is 5.69 Å². The number of hydrogen-bond acceptors (Lipinski definition) is 3. The number of benzene rings is 1. The van der Waals surface area contributed by atoms with Gasteiger partial charge in [0.1, 0.15) is 0 Å². The summed E-state index contributed by atoms with van der Waals surface area (Å²) < 4.78 is 0. The van der Waals surface area contributed by atoms with Crippen LogP contribution in [0, 0.1) is 11.3 Å². The average Bonchev–Trinajstić information content (AvgIpc) is 2.29. The van der Waals surface area contributed by atoms with Gasteiger partial charge < -0.3 is 10.0 Å². The molecule has 84 valence electrons. The lowest BCUT2D eigenvalue weighted by atomic mass is 10.1. The van der Waals surface area contributed by atoms with Crippen molar-refractivity contribution < 1.29 is 5.11 Å². The van der Waals surface area contributed by atoms with Crippen molar-refractivity contribution in [2.24, 2.45) is 0 Å². The van der Waals surface area contributed by atoms with E-state index >= 15 is 0 Å². The van der Waals surface area contributed by atoms with Crippen molar-refractivity contribution in [1.29, 1.82) is 5.26 Å². The fourth-order valence-corrected chi connectivity index (χ4v) is 1.38. The Morgan fingerprint density at radius 1 is 1.38 bits per heavy atom. The van der Waals surface area contributed by atoms with Crippen LogP contribution in [0.2, 0.25) is 0 Å². The fourth-order valence-electron chi connectivity index (χ4n) is 1.38. The fraction of sp³-hybridized carbons (Fsp3) is 0.308. The monoisotopic (exact) mass is 216 g/mol. The van der Waals surface area contributed by atoms with Gasteiger partial charge >= 0.3 is 0 Å². The summed E-state index contributed by atoms with van der Waals surface area (Å²) in [4.78, 5) is 2.01. The summed E-state index contributed by atoms with van der Waals surface area (Å²) in [5, 5.41) is 18.1. The maximum atomic E-state index is 9.80. The molecule has 0 unspecified atom stereocenters. The van der Waals surface area contributed by atoms with E-state index in [4.69, 9.17) is 5.26 Å². The topological polar surface area (TPSA) is 47.3 Å². The van der Waals surface area contributed by atoms with Crippen molar-refractivity contribution in [3.05, 3.63) is 42.0 Å². The second-order valence-electron chi connectivity index (χ2n) is 3.77.